The molecule has 0 saturated carbocycles. The lowest BCUT2D eigenvalue weighted by Gasteiger charge is -2.20. The summed E-state index contributed by atoms with van der Waals surface area (Å²) in [6, 6.07) is 0.466. The summed E-state index contributed by atoms with van der Waals surface area (Å²) in [6.07, 6.45) is 0.824. The van der Waals surface area contributed by atoms with E-state index in [-0.39, 0.29) is 12.5 Å². The lowest BCUT2D eigenvalue weighted by atomic mass is 10.1. The Kier molecular flexibility index (Phi) is 5.12. The molecule has 2 saturated heterocycles. The minimum atomic E-state index is -0.920. The molecular weight excluding hydrogens is 362 g/mol. The summed E-state index contributed by atoms with van der Waals surface area (Å²) >= 11 is 1.26. The van der Waals surface area contributed by atoms with E-state index in [1.54, 1.807) is 11.4 Å². The van der Waals surface area contributed by atoms with E-state index in [2.05, 4.69) is 5.32 Å². The lowest BCUT2D eigenvalue weighted by molar-refractivity contribution is -0.141. The van der Waals surface area contributed by atoms with Crippen molar-refractivity contribution in [2.45, 2.75) is 18.9 Å². The van der Waals surface area contributed by atoms with Gasteiger partial charge in [-0.3, -0.25) is 9.59 Å². The Bertz CT molecular complexity index is 748. The van der Waals surface area contributed by atoms with E-state index in [1.807, 2.05) is 0 Å². The Hall–Kier alpha value is -2.62. The quantitative estimate of drug-likeness (QED) is 0.744. The van der Waals surface area contributed by atoms with Crippen LogP contribution in [0, 0.1) is 5.92 Å². The van der Waals surface area contributed by atoms with Crippen molar-refractivity contribution in [2.24, 2.45) is 5.92 Å². The van der Waals surface area contributed by atoms with Gasteiger partial charge in [0.15, 0.2) is 0 Å². The fourth-order valence-electron chi connectivity index (χ4n) is 3.18. The van der Waals surface area contributed by atoms with Crippen LogP contribution in [0.2, 0.25) is 0 Å². The normalized spacial score (nSPS) is 22.6. The minimum absolute atomic E-state index is 0.142. The van der Waals surface area contributed by atoms with Gasteiger partial charge >= 0.3 is 18.0 Å². The minimum Gasteiger partial charge on any atom is -0.481 e. The van der Waals surface area contributed by atoms with E-state index in [4.69, 9.17) is 9.84 Å². The molecule has 0 radical (unpaired) electrons. The van der Waals surface area contributed by atoms with Gasteiger partial charge in [0.2, 0.25) is 5.91 Å². The molecule has 2 aliphatic rings. The van der Waals surface area contributed by atoms with Crippen LogP contribution in [0.3, 0.4) is 0 Å². The lowest BCUT2D eigenvalue weighted by Crippen LogP contribution is -2.47. The van der Waals surface area contributed by atoms with Crippen LogP contribution in [0.25, 0.3) is 0 Å². The number of thiophene rings is 1. The first-order valence-corrected chi connectivity index (χ1v) is 9.05. The number of carboxylic acid groups (broad SMARTS) is 1. The molecule has 2 aliphatic heterocycles. The van der Waals surface area contributed by atoms with Crippen LogP contribution in [0.4, 0.5) is 9.80 Å². The zero-order valence-corrected chi connectivity index (χ0v) is 15.0. The predicted octanol–water partition coefficient (Wildman–Crippen LogP) is 0.756. The van der Waals surface area contributed by atoms with E-state index >= 15 is 0 Å². The number of ether oxygens (including phenoxy) is 1. The topological polar surface area (TPSA) is 116 Å². The molecule has 2 unspecified atom stereocenters. The average Bonchev–Trinajstić information content (AvgIpc) is 3.34. The zero-order valence-electron chi connectivity index (χ0n) is 14.1. The largest absolute Gasteiger partial charge is 0.481 e. The van der Waals surface area contributed by atoms with Crippen LogP contribution >= 0.6 is 11.3 Å². The van der Waals surface area contributed by atoms with Crippen LogP contribution in [-0.4, -0.2) is 66.7 Å². The zero-order chi connectivity index (χ0) is 18.8. The molecule has 0 spiro atoms. The van der Waals surface area contributed by atoms with Gasteiger partial charge in [0.25, 0.3) is 0 Å². The Morgan fingerprint density at radius 3 is 2.73 bits per heavy atom. The van der Waals surface area contributed by atoms with Gasteiger partial charge in [-0.05, 0) is 24.3 Å². The number of hydrogen-bond acceptors (Lipinski definition) is 6. The Morgan fingerprint density at radius 2 is 2.08 bits per heavy atom. The number of carboxylic acids is 1. The number of esters is 1. The van der Waals surface area contributed by atoms with Crippen molar-refractivity contribution < 1.29 is 29.0 Å². The summed E-state index contributed by atoms with van der Waals surface area (Å²) < 4.78 is 4.72. The highest BCUT2D eigenvalue weighted by atomic mass is 32.1. The number of nitrogens with zero attached hydrogens (tertiary/aromatic N) is 2. The molecule has 3 rings (SSSR count). The number of likely N-dealkylation sites (tertiary alicyclic amines) is 1. The van der Waals surface area contributed by atoms with Gasteiger partial charge in [-0.15, -0.1) is 11.3 Å². The third-order valence-electron chi connectivity index (χ3n) is 4.62. The highest BCUT2D eigenvalue weighted by molar-refractivity contribution is 7.14. The molecule has 2 atom stereocenters. The molecule has 140 valence electrons. The first-order chi connectivity index (χ1) is 12.4. The van der Waals surface area contributed by atoms with E-state index < -0.39 is 29.9 Å². The number of amides is 3. The highest BCUT2D eigenvalue weighted by Crippen LogP contribution is 2.32. The molecule has 10 heteroatoms. The second-order valence-electron chi connectivity index (χ2n) is 6.18. The molecule has 9 nitrogen and oxygen atoms in total. The maximum Gasteiger partial charge on any atom is 0.340 e. The maximum atomic E-state index is 12.6. The van der Waals surface area contributed by atoms with Crippen LogP contribution in [-0.2, 0) is 14.3 Å². The molecule has 1 aromatic heterocycles. The first-order valence-electron chi connectivity index (χ1n) is 8.17. The van der Waals surface area contributed by atoms with Gasteiger partial charge in [0.05, 0.1) is 18.6 Å². The van der Waals surface area contributed by atoms with Gasteiger partial charge in [-0.25, -0.2) is 9.59 Å². The molecule has 0 aliphatic carbocycles. The summed E-state index contributed by atoms with van der Waals surface area (Å²) in [5.41, 5.74) is 0.321. The second kappa shape index (κ2) is 7.32. The number of anilines is 1. The van der Waals surface area contributed by atoms with Crippen molar-refractivity contribution in [1.82, 2.24) is 10.2 Å². The van der Waals surface area contributed by atoms with Crippen LogP contribution < -0.4 is 10.2 Å². The predicted molar refractivity (Wildman–Crippen MR) is 92.3 cm³/mol. The molecule has 0 bridgehead atoms. The van der Waals surface area contributed by atoms with Gasteiger partial charge in [0, 0.05) is 19.6 Å². The van der Waals surface area contributed by atoms with Gasteiger partial charge in [-0.2, -0.15) is 0 Å². The maximum absolute atomic E-state index is 12.6. The number of hydrogen-bond donors (Lipinski definition) is 2. The first kappa shape index (κ1) is 18.2. The van der Waals surface area contributed by atoms with Crippen molar-refractivity contribution in [1.29, 1.82) is 0 Å². The third-order valence-corrected chi connectivity index (χ3v) is 5.56. The SMILES string of the molecule is COC(=O)c1ccsc1N1CCC(NC(=O)N2CCC(C(=O)O)C2)C1=O. The fourth-order valence-corrected chi connectivity index (χ4v) is 4.10. The van der Waals surface area contributed by atoms with Crippen LogP contribution in [0.15, 0.2) is 11.4 Å². The molecule has 1 aromatic rings. The van der Waals surface area contributed by atoms with E-state index in [9.17, 15) is 19.2 Å². The van der Waals surface area contributed by atoms with E-state index in [0.717, 1.165) is 0 Å². The number of methoxy groups -OCH3 is 1. The Morgan fingerprint density at radius 1 is 1.31 bits per heavy atom. The summed E-state index contributed by atoms with van der Waals surface area (Å²) in [7, 11) is 1.28. The second-order valence-corrected chi connectivity index (χ2v) is 7.08. The summed E-state index contributed by atoms with van der Waals surface area (Å²) in [5.74, 6) is -2.29. The molecule has 26 heavy (non-hydrogen) atoms. The fraction of sp³-hybridized carbons (Fsp3) is 0.500. The molecule has 2 N–H and O–H groups in total. The number of aliphatic carboxylic acids is 1. The van der Waals surface area contributed by atoms with Crippen LogP contribution in [0.1, 0.15) is 23.2 Å². The van der Waals surface area contributed by atoms with Gasteiger partial charge in [0.1, 0.15) is 11.0 Å². The van der Waals surface area contributed by atoms with E-state index in [1.165, 1.54) is 28.2 Å². The van der Waals surface area contributed by atoms with E-state index in [0.29, 0.717) is 36.5 Å². The Labute approximate surface area is 153 Å². The summed E-state index contributed by atoms with van der Waals surface area (Å²) in [6.45, 7) is 0.875. The molecule has 0 aromatic carbocycles. The van der Waals surface area contributed by atoms with Gasteiger partial charge < -0.3 is 25.0 Å². The smallest absolute Gasteiger partial charge is 0.340 e. The monoisotopic (exact) mass is 381 g/mol. The highest BCUT2D eigenvalue weighted by Gasteiger charge is 2.38. The molecule has 2 fully saturated rings. The number of carbonyl (C=O) groups excluding carboxylic acids is 3. The molecule has 3 heterocycles. The van der Waals surface area contributed by atoms with Crippen molar-refractivity contribution in [3.8, 4) is 0 Å². The van der Waals surface area contributed by atoms with Gasteiger partial charge in [-0.1, -0.05) is 0 Å². The molecular formula is C16H19N3O6S. The summed E-state index contributed by atoms with van der Waals surface area (Å²) in [5, 5.41) is 13.9. The van der Waals surface area contributed by atoms with Crippen molar-refractivity contribution in [2.75, 3.05) is 31.6 Å². The standard InChI is InChI=1S/C16H19N3O6S/c1-25-15(23)10-4-7-26-13(10)19-6-3-11(12(19)20)17-16(24)18-5-2-9(8-18)14(21)22/h4,7,9,11H,2-3,5-6,8H2,1H3,(H,17,24)(H,21,22). The molecule has 3 amide bonds. The summed E-state index contributed by atoms with van der Waals surface area (Å²) in [4.78, 5) is 50.6. The Balaban J connectivity index is 1.63. The van der Waals surface area contributed by atoms with Crippen LogP contribution in [0.5, 0.6) is 0 Å². The number of rotatable bonds is 4. The average molecular weight is 381 g/mol. The number of urea groups is 1. The van der Waals surface area contributed by atoms with Crippen molar-refractivity contribution >= 4 is 40.2 Å². The van der Waals surface area contributed by atoms with Crippen molar-refractivity contribution in [3.63, 3.8) is 0 Å². The number of nitrogens with one attached hydrogen (secondary N) is 1. The number of carbonyl (C=O) groups is 4. The third kappa shape index (κ3) is 3.36. The van der Waals surface area contributed by atoms with Crippen molar-refractivity contribution in [3.05, 3.63) is 17.0 Å².